The van der Waals surface area contributed by atoms with Gasteiger partial charge >= 0.3 is 0 Å². The number of aliphatic hydroxyl groups excluding tert-OH is 1. The highest BCUT2D eigenvalue weighted by Gasteiger charge is 2.77. The van der Waals surface area contributed by atoms with E-state index in [4.69, 9.17) is 0 Å². The first-order valence-corrected chi connectivity index (χ1v) is 15.0. The van der Waals surface area contributed by atoms with Crippen LogP contribution in [0.2, 0.25) is 0 Å². The van der Waals surface area contributed by atoms with E-state index in [9.17, 15) is 19.5 Å². The number of benzene rings is 2. The molecule has 212 valence electrons. The molecule has 0 radical (unpaired) electrons. The average molecular weight is 562 g/mol. The molecule has 5 rings (SSSR count). The van der Waals surface area contributed by atoms with Gasteiger partial charge in [0.05, 0.1) is 23.2 Å². The van der Waals surface area contributed by atoms with Gasteiger partial charge in [0.1, 0.15) is 6.04 Å². The number of β-amino-alcohol motifs (C(OH)–C–C–N with tert-alkyl or cyclic N) is 1. The van der Waals surface area contributed by atoms with E-state index >= 15 is 0 Å². The van der Waals surface area contributed by atoms with Crippen molar-refractivity contribution in [1.82, 2.24) is 9.80 Å². The first-order chi connectivity index (χ1) is 19.3. The van der Waals surface area contributed by atoms with Gasteiger partial charge in [0.15, 0.2) is 0 Å². The highest BCUT2D eigenvalue weighted by Crippen LogP contribution is 2.71. The Hall–Kier alpha value is -3.10. The normalized spacial score (nSPS) is 28.5. The molecule has 3 aliphatic rings. The number of nitrogens with zero attached hydrogens (tertiary/aromatic N) is 3. The summed E-state index contributed by atoms with van der Waals surface area (Å²) in [6.07, 6.45) is 5.64. The number of hydrogen-bond donors (Lipinski definition) is 1. The molecule has 2 aromatic rings. The summed E-state index contributed by atoms with van der Waals surface area (Å²) < 4.78 is -1.18. The third kappa shape index (κ3) is 4.36. The predicted octanol–water partition coefficient (Wildman–Crippen LogP) is 4.26. The van der Waals surface area contributed by atoms with E-state index in [0.717, 1.165) is 29.3 Å². The Balaban J connectivity index is 1.57. The fourth-order valence-electron chi connectivity index (χ4n) is 7.29. The van der Waals surface area contributed by atoms with Gasteiger partial charge in [0.2, 0.25) is 11.8 Å². The zero-order chi connectivity index (χ0) is 28.7. The maximum Gasteiger partial charge on any atom is 0.251 e. The summed E-state index contributed by atoms with van der Waals surface area (Å²) in [6, 6.07) is 13.1. The smallest absolute Gasteiger partial charge is 0.251 e. The number of aliphatic hydroxyl groups is 1. The minimum atomic E-state index is -0.785. The molecule has 5 atom stereocenters. The predicted molar refractivity (Wildman–Crippen MR) is 161 cm³/mol. The molecule has 0 aliphatic carbocycles. The highest BCUT2D eigenvalue weighted by molar-refractivity contribution is 8.02. The molecule has 2 unspecified atom stereocenters. The van der Waals surface area contributed by atoms with E-state index in [1.807, 2.05) is 49.4 Å². The van der Waals surface area contributed by atoms with Gasteiger partial charge in [-0.1, -0.05) is 49.4 Å². The Morgan fingerprint density at radius 2 is 1.82 bits per heavy atom. The van der Waals surface area contributed by atoms with Crippen LogP contribution in [0.25, 0.3) is 10.8 Å². The van der Waals surface area contributed by atoms with Crippen LogP contribution in [0.1, 0.15) is 33.1 Å². The fraction of sp³-hybridized carbons (Fsp3) is 0.469. The van der Waals surface area contributed by atoms with Crippen molar-refractivity contribution in [2.45, 2.75) is 48.6 Å². The van der Waals surface area contributed by atoms with Gasteiger partial charge in [-0.25, -0.2) is 0 Å². The molecular formula is C32H39N3O4S. The van der Waals surface area contributed by atoms with Crippen molar-refractivity contribution >= 4 is 45.9 Å². The van der Waals surface area contributed by atoms with Crippen LogP contribution in [-0.4, -0.2) is 80.9 Å². The van der Waals surface area contributed by atoms with Crippen molar-refractivity contribution < 1.29 is 19.5 Å². The number of carbonyl (C=O) groups excluding carboxylic acids is 3. The minimum absolute atomic E-state index is 0.0359. The van der Waals surface area contributed by atoms with Crippen molar-refractivity contribution in [2.75, 3.05) is 37.7 Å². The van der Waals surface area contributed by atoms with E-state index in [1.54, 1.807) is 38.6 Å². The molecule has 8 heteroatoms. The maximum atomic E-state index is 14.6. The lowest BCUT2D eigenvalue weighted by Gasteiger charge is -2.38. The summed E-state index contributed by atoms with van der Waals surface area (Å²) in [6.45, 7) is 12.9. The molecule has 1 N–H and O–H groups in total. The summed E-state index contributed by atoms with van der Waals surface area (Å²) in [5.41, 5.74) is 0.733. The molecule has 3 fully saturated rings. The van der Waals surface area contributed by atoms with E-state index in [-0.39, 0.29) is 37.4 Å². The standard InChI is InChI=1S/C32H39N3O4S/c1-5-16-33(17-6-2)28(37)25-26-29(38)35(19-20-36)27(32(26)15-14-31(25,4)40-32)30(39)34(18-7-3)24-13-12-22-10-8-9-11-23(22)21-24/h5,7-13,21,25-27,36H,1,3,6,14-20H2,2,4H3/t25-,26+,27?,31+,32?/m1/s1. The molecule has 2 aromatic carbocycles. The summed E-state index contributed by atoms with van der Waals surface area (Å²) in [5, 5.41) is 12.1. The van der Waals surface area contributed by atoms with Crippen molar-refractivity contribution in [2.24, 2.45) is 11.8 Å². The van der Waals surface area contributed by atoms with Crippen LogP contribution in [0.3, 0.4) is 0 Å². The Bertz CT molecular complexity index is 1350. The third-order valence-electron chi connectivity index (χ3n) is 8.89. The molecule has 1 spiro atoms. The van der Waals surface area contributed by atoms with Crippen molar-refractivity contribution in [1.29, 1.82) is 0 Å². The number of amides is 3. The second kappa shape index (κ2) is 11.1. The quantitative estimate of drug-likeness (QED) is 0.415. The van der Waals surface area contributed by atoms with Crippen LogP contribution in [0.15, 0.2) is 67.8 Å². The SMILES string of the molecule is C=CCN(CCC)C(=O)[C@H]1[C@H]2C(=O)N(CCO)C(C(=O)N(CC=C)c3ccc4ccccc4c3)C23CC[C@]1(C)S3. The number of rotatable bonds is 11. The summed E-state index contributed by atoms with van der Waals surface area (Å²) in [4.78, 5) is 47.9. The molecule has 3 saturated heterocycles. The molecule has 7 nitrogen and oxygen atoms in total. The topological polar surface area (TPSA) is 81.2 Å². The van der Waals surface area contributed by atoms with Gasteiger partial charge in [0, 0.05) is 36.6 Å². The first kappa shape index (κ1) is 28.4. The van der Waals surface area contributed by atoms with E-state index in [0.29, 0.717) is 19.5 Å². The Morgan fingerprint density at radius 1 is 1.10 bits per heavy atom. The Kier molecular flexibility index (Phi) is 7.86. The van der Waals surface area contributed by atoms with E-state index < -0.39 is 27.4 Å². The number of carbonyl (C=O) groups is 3. The van der Waals surface area contributed by atoms with Gasteiger partial charge in [-0.15, -0.1) is 24.9 Å². The number of thioether (sulfide) groups is 1. The molecular weight excluding hydrogens is 522 g/mol. The lowest BCUT2D eigenvalue weighted by Crippen LogP contribution is -2.55. The minimum Gasteiger partial charge on any atom is -0.395 e. The van der Waals surface area contributed by atoms with Crippen molar-refractivity contribution in [3.8, 4) is 0 Å². The highest BCUT2D eigenvalue weighted by atomic mass is 32.2. The summed E-state index contributed by atoms with van der Waals surface area (Å²) in [7, 11) is 0. The molecule has 40 heavy (non-hydrogen) atoms. The summed E-state index contributed by atoms with van der Waals surface area (Å²) in [5.74, 6) is -1.57. The van der Waals surface area contributed by atoms with Gasteiger partial charge < -0.3 is 19.8 Å². The second-order valence-electron chi connectivity index (χ2n) is 11.3. The van der Waals surface area contributed by atoms with Gasteiger partial charge in [-0.05, 0) is 49.1 Å². The zero-order valence-electron chi connectivity index (χ0n) is 23.4. The average Bonchev–Trinajstić information content (AvgIpc) is 3.51. The van der Waals surface area contributed by atoms with Gasteiger partial charge in [-0.2, -0.15) is 0 Å². The van der Waals surface area contributed by atoms with Crippen LogP contribution < -0.4 is 4.90 Å². The fourth-order valence-corrected chi connectivity index (χ4v) is 9.63. The van der Waals surface area contributed by atoms with Crippen LogP contribution in [-0.2, 0) is 14.4 Å². The van der Waals surface area contributed by atoms with Crippen LogP contribution in [0.4, 0.5) is 5.69 Å². The molecule has 0 saturated carbocycles. The largest absolute Gasteiger partial charge is 0.395 e. The number of anilines is 1. The Labute approximate surface area is 240 Å². The Morgan fingerprint density at radius 3 is 2.50 bits per heavy atom. The maximum absolute atomic E-state index is 14.6. The van der Waals surface area contributed by atoms with E-state index in [1.165, 1.54) is 0 Å². The number of likely N-dealkylation sites (tertiary alicyclic amines) is 1. The number of fused-ring (bicyclic) bond motifs is 2. The molecule has 3 aliphatic heterocycles. The molecule has 3 amide bonds. The number of hydrogen-bond acceptors (Lipinski definition) is 5. The van der Waals surface area contributed by atoms with Gasteiger partial charge in [-0.3, -0.25) is 14.4 Å². The van der Waals surface area contributed by atoms with E-state index in [2.05, 4.69) is 20.1 Å². The lowest BCUT2D eigenvalue weighted by molar-refractivity contribution is -0.145. The zero-order valence-corrected chi connectivity index (χ0v) is 24.2. The van der Waals surface area contributed by atoms with Crippen LogP contribution >= 0.6 is 11.8 Å². The second-order valence-corrected chi connectivity index (χ2v) is 13.2. The van der Waals surface area contributed by atoms with Crippen molar-refractivity contribution in [3.63, 3.8) is 0 Å². The summed E-state index contributed by atoms with van der Waals surface area (Å²) >= 11 is 1.65. The first-order valence-electron chi connectivity index (χ1n) is 14.2. The monoisotopic (exact) mass is 561 g/mol. The molecule has 3 heterocycles. The van der Waals surface area contributed by atoms with Crippen LogP contribution in [0.5, 0.6) is 0 Å². The lowest BCUT2D eigenvalue weighted by atomic mass is 9.66. The third-order valence-corrected chi connectivity index (χ3v) is 10.9. The molecule has 2 bridgehead atoms. The van der Waals surface area contributed by atoms with Crippen molar-refractivity contribution in [3.05, 3.63) is 67.8 Å². The van der Waals surface area contributed by atoms with Gasteiger partial charge in [0.25, 0.3) is 5.91 Å². The molecule has 0 aromatic heterocycles. The van der Waals surface area contributed by atoms with Crippen LogP contribution in [0, 0.1) is 11.8 Å².